The van der Waals surface area contributed by atoms with Crippen molar-refractivity contribution in [1.29, 1.82) is 0 Å². The first-order valence-electron chi connectivity index (χ1n) is 23.0. The number of rotatable bonds is 14. The zero-order chi connectivity index (χ0) is 50.7. The first-order valence-corrected chi connectivity index (χ1v) is 23.0. The predicted molar refractivity (Wildman–Crippen MR) is 248 cm³/mol. The maximum Gasteiger partial charge on any atom is 0.573 e. The van der Waals surface area contributed by atoms with Gasteiger partial charge in [-0.25, -0.2) is 29.9 Å². The highest BCUT2D eigenvalue weighted by atomic mass is 19.4. The number of benzene rings is 2. The Morgan fingerprint density at radius 2 is 0.972 bits per heavy atom. The van der Waals surface area contributed by atoms with Crippen LogP contribution in [0, 0.1) is 13.8 Å². The van der Waals surface area contributed by atoms with Gasteiger partial charge < -0.3 is 49.2 Å². The molecule has 3 saturated heterocycles. The van der Waals surface area contributed by atoms with Crippen molar-refractivity contribution >= 4 is 57.7 Å². The smallest absolute Gasteiger partial charge is 0.476 e. The van der Waals surface area contributed by atoms with Crippen molar-refractivity contribution in [2.45, 2.75) is 70.5 Å². The van der Waals surface area contributed by atoms with Crippen LogP contribution >= 0.6 is 0 Å². The van der Waals surface area contributed by atoms with Gasteiger partial charge in [0.1, 0.15) is 34.0 Å². The number of aromatic nitrogens is 8. The average molecular weight is 1010 g/mol. The minimum absolute atomic E-state index is 0.138. The molecule has 0 saturated carbocycles. The summed E-state index contributed by atoms with van der Waals surface area (Å²) in [5.74, 6) is -3.22. The number of piperidine rings is 1. The zero-order valence-electron chi connectivity index (χ0n) is 39.1. The van der Waals surface area contributed by atoms with Crippen molar-refractivity contribution in [1.82, 2.24) is 49.7 Å². The SMILES string of the molecule is Cc1nc(N2CCC(N3CCCC3)CC2)nc2ncc(NC(=O)C(Oc3ccc(OC(F)(F)F)cc3)C(Oc3ccc(OC(F)(F)F)cc3)C(=O)Nc3cnc4nc(N5CCN(C)CC5)nc(C)c4n3)nc12. The van der Waals surface area contributed by atoms with Crippen LogP contribution in [-0.4, -0.2) is 152 Å². The summed E-state index contributed by atoms with van der Waals surface area (Å²) in [7, 11) is 2.02. The maximum absolute atomic E-state index is 14.6. The summed E-state index contributed by atoms with van der Waals surface area (Å²) >= 11 is 0. The molecule has 380 valence electrons. The van der Waals surface area contributed by atoms with Crippen LogP contribution in [-0.2, 0) is 9.59 Å². The lowest BCUT2D eigenvalue weighted by Gasteiger charge is -2.36. The molecule has 3 fully saturated rings. The van der Waals surface area contributed by atoms with Crippen molar-refractivity contribution < 1.29 is 54.9 Å². The fourth-order valence-electron chi connectivity index (χ4n) is 8.64. The summed E-state index contributed by atoms with van der Waals surface area (Å²) in [5.41, 5.74) is 1.86. The molecular weight excluding hydrogens is 959 g/mol. The lowest BCUT2D eigenvalue weighted by molar-refractivity contribution is -0.275. The Hall–Kier alpha value is -7.48. The number of nitrogens with zero attached hydrogens (tertiary/aromatic N) is 12. The molecule has 0 spiro atoms. The third kappa shape index (κ3) is 12.2. The van der Waals surface area contributed by atoms with Gasteiger partial charge in [-0.05, 0) is 108 Å². The number of hydrogen-bond donors (Lipinski definition) is 2. The molecule has 2 atom stereocenters. The van der Waals surface area contributed by atoms with E-state index in [-0.39, 0.29) is 45.5 Å². The van der Waals surface area contributed by atoms with E-state index in [1.165, 1.54) is 25.2 Å². The Kier molecular flexibility index (Phi) is 14.2. The highest BCUT2D eigenvalue weighted by Gasteiger charge is 2.40. The minimum Gasteiger partial charge on any atom is -0.476 e. The molecule has 72 heavy (non-hydrogen) atoms. The molecule has 7 heterocycles. The number of amides is 2. The number of ether oxygens (including phenoxy) is 4. The number of fused-ring (bicyclic) bond motifs is 2. The normalized spacial score (nSPS) is 17.2. The summed E-state index contributed by atoms with van der Waals surface area (Å²) in [6, 6.07) is 8.38. The van der Waals surface area contributed by atoms with Gasteiger partial charge in [-0.15, -0.1) is 26.3 Å². The van der Waals surface area contributed by atoms with Gasteiger partial charge in [0.15, 0.2) is 22.9 Å². The van der Waals surface area contributed by atoms with Gasteiger partial charge in [-0.1, -0.05) is 0 Å². The van der Waals surface area contributed by atoms with Crippen LogP contribution in [0.2, 0.25) is 0 Å². The van der Waals surface area contributed by atoms with Crippen LogP contribution in [0.5, 0.6) is 23.0 Å². The molecule has 2 unspecified atom stereocenters. The lowest BCUT2D eigenvalue weighted by atomic mass is 10.0. The molecule has 20 nitrogen and oxygen atoms in total. The number of likely N-dealkylation sites (tertiary alicyclic amines) is 1. The number of halogens is 6. The molecule has 2 N–H and O–H groups in total. The maximum atomic E-state index is 14.6. The number of piperazine rings is 1. The van der Waals surface area contributed by atoms with Gasteiger partial charge in [-0.2, -0.15) is 9.97 Å². The van der Waals surface area contributed by atoms with E-state index < -0.39 is 48.2 Å². The molecule has 6 aromatic rings. The second-order valence-corrected chi connectivity index (χ2v) is 17.4. The van der Waals surface area contributed by atoms with E-state index in [1.54, 1.807) is 13.8 Å². The van der Waals surface area contributed by atoms with Crippen molar-refractivity contribution in [3.05, 3.63) is 72.3 Å². The molecule has 3 aliphatic heterocycles. The molecular formula is C46H48F6N14O6. The van der Waals surface area contributed by atoms with Gasteiger partial charge in [0, 0.05) is 45.3 Å². The number of carbonyl (C=O) groups excluding carboxylic acids is 2. The van der Waals surface area contributed by atoms with Gasteiger partial charge in [0.2, 0.25) is 24.1 Å². The van der Waals surface area contributed by atoms with E-state index in [9.17, 15) is 35.9 Å². The summed E-state index contributed by atoms with van der Waals surface area (Å²) in [6.45, 7) is 10.1. The van der Waals surface area contributed by atoms with Crippen molar-refractivity contribution in [3.8, 4) is 23.0 Å². The monoisotopic (exact) mass is 1010 g/mol. The molecule has 4 aromatic heterocycles. The Labute approximate surface area is 407 Å². The highest BCUT2D eigenvalue weighted by molar-refractivity contribution is 6.02. The predicted octanol–water partition coefficient (Wildman–Crippen LogP) is 5.86. The third-order valence-corrected chi connectivity index (χ3v) is 12.3. The molecule has 0 bridgehead atoms. The first-order chi connectivity index (χ1) is 34.4. The van der Waals surface area contributed by atoms with Gasteiger partial charge in [-0.3, -0.25) is 9.59 Å². The van der Waals surface area contributed by atoms with E-state index in [2.05, 4.69) is 69.7 Å². The second-order valence-electron chi connectivity index (χ2n) is 17.4. The molecule has 26 heteroatoms. The standard InChI is InChI=1S/C46H48F6N14O6/c1-26-35-39(61-43(55-26)65-18-14-28(15-19-65)64-16-4-5-17-64)53-24-33(57-35)59-41(67)37(69-29-6-10-31(11-7-29)71-45(47,48)49)38(70-30-8-12-32(13-9-30)72-46(50,51)52)42(68)60-34-25-54-40-36(58-34)27(2)56-44(62-40)66-22-20-63(3)21-23-66/h6-13,24-25,28,37-38H,4-5,14-23H2,1-3H3,(H,57,59,67)(H,58,60,68). The quantitative estimate of drug-likeness (QED) is 0.122. The van der Waals surface area contributed by atoms with E-state index in [0.29, 0.717) is 42.4 Å². The average Bonchev–Trinajstić information content (AvgIpc) is 3.89. The number of anilines is 4. The molecule has 9 rings (SSSR count). The van der Waals surface area contributed by atoms with E-state index in [1.807, 2.05) is 11.9 Å². The van der Waals surface area contributed by atoms with Crippen LogP contribution < -0.4 is 39.4 Å². The fourth-order valence-corrected chi connectivity index (χ4v) is 8.64. The van der Waals surface area contributed by atoms with Crippen molar-refractivity contribution in [2.24, 2.45) is 0 Å². The fraction of sp³-hybridized carbons (Fsp3) is 0.435. The minimum atomic E-state index is -5.03. The Balaban J connectivity index is 1.02. The summed E-state index contributed by atoms with van der Waals surface area (Å²) in [6.07, 6.45) is -7.34. The van der Waals surface area contributed by atoms with Crippen LogP contribution in [0.4, 0.5) is 49.9 Å². The van der Waals surface area contributed by atoms with Crippen LogP contribution in [0.3, 0.4) is 0 Å². The molecule has 0 aliphatic carbocycles. The zero-order valence-corrected chi connectivity index (χ0v) is 39.1. The number of aryl methyl sites for hydroxylation is 2. The van der Waals surface area contributed by atoms with Crippen LogP contribution in [0.25, 0.3) is 22.3 Å². The third-order valence-electron chi connectivity index (χ3n) is 12.3. The first kappa shape index (κ1) is 49.5. The molecule has 3 aliphatic rings. The molecule has 2 aromatic carbocycles. The number of likely N-dealkylation sites (N-methyl/N-ethyl adjacent to an activating group) is 1. The Bertz CT molecular complexity index is 2900. The lowest BCUT2D eigenvalue weighted by Crippen LogP contribution is -2.51. The highest BCUT2D eigenvalue weighted by Crippen LogP contribution is 2.30. The summed E-state index contributed by atoms with van der Waals surface area (Å²) in [5, 5.41) is 5.15. The number of alkyl halides is 6. The molecule has 0 radical (unpaired) electrons. The van der Waals surface area contributed by atoms with E-state index in [0.717, 1.165) is 101 Å². The number of nitrogens with one attached hydrogen (secondary N) is 2. The van der Waals surface area contributed by atoms with E-state index >= 15 is 0 Å². The number of hydrogen-bond acceptors (Lipinski definition) is 18. The van der Waals surface area contributed by atoms with Crippen molar-refractivity contribution in [2.75, 3.05) is 79.8 Å². The second kappa shape index (κ2) is 20.7. The topological polar surface area (TPSA) is 211 Å². The number of carbonyl (C=O) groups is 2. The Morgan fingerprint density at radius 1 is 0.569 bits per heavy atom. The van der Waals surface area contributed by atoms with Crippen LogP contribution in [0.1, 0.15) is 37.1 Å². The van der Waals surface area contributed by atoms with Gasteiger partial charge in [0.25, 0.3) is 11.8 Å². The summed E-state index contributed by atoms with van der Waals surface area (Å²) in [4.78, 5) is 74.6. The Morgan fingerprint density at radius 3 is 1.39 bits per heavy atom. The van der Waals surface area contributed by atoms with E-state index in [4.69, 9.17) is 14.5 Å². The van der Waals surface area contributed by atoms with Crippen molar-refractivity contribution in [3.63, 3.8) is 0 Å². The van der Waals surface area contributed by atoms with Gasteiger partial charge in [0.05, 0.1) is 23.8 Å². The van der Waals surface area contributed by atoms with Gasteiger partial charge >= 0.3 is 12.7 Å². The van der Waals surface area contributed by atoms with Crippen LogP contribution in [0.15, 0.2) is 60.9 Å². The largest absolute Gasteiger partial charge is 0.573 e. The summed E-state index contributed by atoms with van der Waals surface area (Å²) < 4.78 is 98.6. The molecule has 2 amide bonds.